The van der Waals surface area contributed by atoms with Crippen LogP contribution in [0.15, 0.2) is 36.4 Å². The second kappa shape index (κ2) is 15.2. The van der Waals surface area contributed by atoms with Crippen LogP contribution in [-0.2, 0) is 0 Å². The summed E-state index contributed by atoms with van der Waals surface area (Å²) in [5, 5.41) is 11.1. The second-order valence-corrected chi connectivity index (χ2v) is 9.28. The Hall–Kier alpha value is -1.74. The minimum atomic E-state index is 0. The molecule has 0 radical (unpaired) electrons. The lowest BCUT2D eigenvalue weighted by atomic mass is 10.0. The quantitative estimate of drug-likeness (QED) is 0.174. The number of fused-ring (bicyclic) bond motifs is 1. The second-order valence-electron chi connectivity index (χ2n) is 9.28. The average molecular weight is 461 g/mol. The molecule has 2 rings (SSSR count). The number of halogens is 1. The van der Waals surface area contributed by atoms with E-state index < -0.39 is 0 Å². The Morgan fingerprint density at radius 2 is 1.31 bits per heavy atom. The SMILES string of the molecule is CCCCCCCCCCCOc1ccc(C(=N)N(C(C)C)C(C)C)c2ccccc12.Cl. The molecule has 4 heteroatoms. The molecule has 2 aromatic rings. The molecule has 3 nitrogen and oxygen atoms in total. The first-order valence-corrected chi connectivity index (χ1v) is 12.5. The van der Waals surface area contributed by atoms with Crippen molar-refractivity contribution in [1.29, 1.82) is 5.41 Å². The fourth-order valence-corrected chi connectivity index (χ4v) is 4.45. The number of rotatable bonds is 14. The summed E-state index contributed by atoms with van der Waals surface area (Å²) < 4.78 is 6.18. The van der Waals surface area contributed by atoms with Gasteiger partial charge < -0.3 is 9.64 Å². The molecular weight excluding hydrogens is 416 g/mol. The lowest BCUT2D eigenvalue weighted by molar-refractivity contribution is 0.291. The molecule has 0 heterocycles. The summed E-state index contributed by atoms with van der Waals surface area (Å²) in [5.41, 5.74) is 0.980. The molecule has 0 saturated heterocycles. The van der Waals surface area contributed by atoms with Gasteiger partial charge in [0.15, 0.2) is 0 Å². The van der Waals surface area contributed by atoms with E-state index in [0.717, 1.165) is 35.1 Å². The third-order valence-corrected chi connectivity index (χ3v) is 6.02. The molecule has 0 fully saturated rings. The van der Waals surface area contributed by atoms with Crippen molar-refractivity contribution in [1.82, 2.24) is 4.90 Å². The van der Waals surface area contributed by atoms with Gasteiger partial charge in [0, 0.05) is 23.0 Å². The molecule has 0 amide bonds. The molecule has 0 atom stereocenters. The van der Waals surface area contributed by atoms with Crippen LogP contribution >= 0.6 is 12.4 Å². The number of ether oxygens (including phenoxy) is 1. The number of hydrogen-bond acceptors (Lipinski definition) is 2. The summed E-state index contributed by atoms with van der Waals surface area (Å²) >= 11 is 0. The number of benzene rings is 2. The third kappa shape index (κ3) is 8.31. The van der Waals surface area contributed by atoms with Gasteiger partial charge in [-0.15, -0.1) is 12.4 Å². The molecule has 2 aromatic carbocycles. The van der Waals surface area contributed by atoms with Gasteiger partial charge in [-0.2, -0.15) is 0 Å². The van der Waals surface area contributed by atoms with Gasteiger partial charge >= 0.3 is 0 Å². The van der Waals surface area contributed by atoms with Crippen molar-refractivity contribution in [3.8, 4) is 5.75 Å². The van der Waals surface area contributed by atoms with Gasteiger partial charge in [-0.05, 0) is 51.6 Å². The van der Waals surface area contributed by atoms with Crippen LogP contribution in [-0.4, -0.2) is 29.4 Å². The summed E-state index contributed by atoms with van der Waals surface area (Å²) in [7, 11) is 0. The Morgan fingerprint density at radius 3 is 1.88 bits per heavy atom. The molecule has 0 unspecified atom stereocenters. The van der Waals surface area contributed by atoms with E-state index in [1.165, 1.54) is 51.4 Å². The van der Waals surface area contributed by atoms with E-state index in [9.17, 15) is 0 Å². The van der Waals surface area contributed by atoms with Gasteiger partial charge in [-0.1, -0.05) is 82.6 Å². The van der Waals surface area contributed by atoms with Crippen molar-refractivity contribution in [3.63, 3.8) is 0 Å². The largest absolute Gasteiger partial charge is 0.493 e. The van der Waals surface area contributed by atoms with Crippen LogP contribution in [0.2, 0.25) is 0 Å². The summed E-state index contributed by atoms with van der Waals surface area (Å²) in [5.74, 6) is 1.53. The summed E-state index contributed by atoms with van der Waals surface area (Å²) in [6, 6.07) is 13.0. The summed E-state index contributed by atoms with van der Waals surface area (Å²) in [4.78, 5) is 2.17. The highest BCUT2D eigenvalue weighted by Crippen LogP contribution is 2.30. The third-order valence-electron chi connectivity index (χ3n) is 6.02. The summed E-state index contributed by atoms with van der Waals surface area (Å²) in [6.45, 7) is 11.6. The van der Waals surface area contributed by atoms with Gasteiger partial charge in [0.25, 0.3) is 0 Å². The molecule has 1 N–H and O–H groups in total. The van der Waals surface area contributed by atoms with Crippen molar-refractivity contribution in [2.75, 3.05) is 6.61 Å². The van der Waals surface area contributed by atoms with Crippen LogP contribution < -0.4 is 4.74 Å². The van der Waals surface area contributed by atoms with Gasteiger partial charge in [0.1, 0.15) is 11.6 Å². The van der Waals surface area contributed by atoms with E-state index in [1.54, 1.807) is 0 Å². The first-order valence-electron chi connectivity index (χ1n) is 12.5. The smallest absolute Gasteiger partial charge is 0.129 e. The number of nitrogens with one attached hydrogen (secondary N) is 1. The Bertz CT molecular complexity index is 795. The molecule has 0 aliphatic rings. The van der Waals surface area contributed by atoms with E-state index in [4.69, 9.17) is 10.1 Å². The van der Waals surface area contributed by atoms with E-state index in [0.29, 0.717) is 5.84 Å². The molecule has 0 bridgehead atoms. The van der Waals surface area contributed by atoms with Gasteiger partial charge in [-0.25, -0.2) is 0 Å². The first kappa shape index (κ1) is 28.3. The molecule has 0 spiro atoms. The van der Waals surface area contributed by atoms with Crippen LogP contribution in [0.25, 0.3) is 10.8 Å². The fraction of sp³-hybridized carbons (Fsp3) is 0.607. The van der Waals surface area contributed by atoms with E-state index in [-0.39, 0.29) is 24.5 Å². The molecular formula is C28H45ClN2O. The van der Waals surface area contributed by atoms with Crippen molar-refractivity contribution in [3.05, 3.63) is 42.0 Å². The highest BCUT2D eigenvalue weighted by Gasteiger charge is 2.20. The highest BCUT2D eigenvalue weighted by atomic mass is 35.5. The number of nitrogens with zero attached hydrogens (tertiary/aromatic N) is 1. The van der Waals surface area contributed by atoms with Crippen LogP contribution in [0.4, 0.5) is 0 Å². The van der Waals surface area contributed by atoms with Crippen molar-refractivity contribution >= 4 is 29.0 Å². The normalized spacial score (nSPS) is 11.1. The molecule has 32 heavy (non-hydrogen) atoms. The molecule has 0 aliphatic heterocycles. The zero-order valence-electron chi connectivity index (χ0n) is 21.0. The maximum absolute atomic E-state index is 8.87. The zero-order valence-corrected chi connectivity index (χ0v) is 21.8. The zero-order chi connectivity index (χ0) is 22.6. The van der Waals surface area contributed by atoms with E-state index in [1.807, 2.05) is 0 Å². The predicted molar refractivity (Wildman–Crippen MR) is 143 cm³/mol. The fourth-order valence-electron chi connectivity index (χ4n) is 4.45. The van der Waals surface area contributed by atoms with Crippen molar-refractivity contribution in [2.24, 2.45) is 0 Å². The Balaban J connectivity index is 0.00000512. The maximum Gasteiger partial charge on any atom is 0.129 e. The lowest BCUT2D eigenvalue weighted by Gasteiger charge is -2.33. The summed E-state index contributed by atoms with van der Waals surface area (Å²) in [6.07, 6.45) is 11.9. The monoisotopic (exact) mass is 460 g/mol. The molecule has 0 saturated carbocycles. The van der Waals surface area contributed by atoms with Crippen molar-refractivity contribution in [2.45, 2.75) is 104 Å². The molecule has 0 aromatic heterocycles. The lowest BCUT2D eigenvalue weighted by Crippen LogP contribution is -2.42. The van der Waals surface area contributed by atoms with E-state index >= 15 is 0 Å². The number of amidine groups is 1. The first-order chi connectivity index (χ1) is 15.0. The van der Waals surface area contributed by atoms with Gasteiger partial charge in [-0.3, -0.25) is 5.41 Å². The topological polar surface area (TPSA) is 36.3 Å². The van der Waals surface area contributed by atoms with Crippen molar-refractivity contribution < 1.29 is 4.74 Å². The minimum absolute atomic E-state index is 0. The van der Waals surface area contributed by atoms with Gasteiger partial charge in [0.05, 0.1) is 6.61 Å². The van der Waals surface area contributed by atoms with Gasteiger partial charge in [0.2, 0.25) is 0 Å². The minimum Gasteiger partial charge on any atom is -0.493 e. The predicted octanol–water partition coefficient (Wildman–Crippen LogP) is 8.62. The number of unbranched alkanes of at least 4 members (excludes halogenated alkanes) is 8. The van der Waals surface area contributed by atoms with Crippen LogP contribution in [0.5, 0.6) is 5.75 Å². The maximum atomic E-state index is 8.87. The Labute approximate surface area is 202 Å². The number of hydrogen-bond donors (Lipinski definition) is 1. The standard InChI is InChI=1S/C28H44N2O.ClH/c1-6-7-8-9-10-11-12-13-16-21-31-27-20-19-26(24-17-14-15-18-25(24)27)28(29)30(22(2)3)23(4)5;/h14-15,17-20,22-23,29H,6-13,16,21H2,1-5H3;1H. The average Bonchev–Trinajstić information content (AvgIpc) is 2.74. The molecule has 0 aliphatic carbocycles. The Morgan fingerprint density at radius 1 is 0.781 bits per heavy atom. The molecule has 180 valence electrons. The van der Waals surface area contributed by atoms with E-state index in [2.05, 4.69) is 75.9 Å². The van der Waals surface area contributed by atoms with Crippen LogP contribution in [0.1, 0.15) is 98.0 Å². The Kier molecular flexibility index (Phi) is 13.4. The highest BCUT2D eigenvalue weighted by molar-refractivity contribution is 6.09. The van der Waals surface area contributed by atoms with Crippen LogP contribution in [0, 0.1) is 5.41 Å². The van der Waals surface area contributed by atoms with Crippen LogP contribution in [0.3, 0.4) is 0 Å².